The highest BCUT2D eigenvalue weighted by atomic mass is 16.2. The van der Waals surface area contributed by atoms with Gasteiger partial charge in [-0.3, -0.25) is 19.6 Å². The van der Waals surface area contributed by atoms with Crippen molar-refractivity contribution in [3.05, 3.63) is 108 Å². The molecule has 30 heavy (non-hydrogen) atoms. The fraction of sp³-hybridized carbons (Fsp3) is 0.0833. The van der Waals surface area contributed by atoms with E-state index in [2.05, 4.69) is 20.6 Å². The number of pyridine rings is 2. The molecule has 3 rings (SSSR count). The average Bonchev–Trinajstić information content (AvgIpc) is 2.80. The molecule has 1 aromatic carbocycles. The van der Waals surface area contributed by atoms with Gasteiger partial charge in [0.2, 0.25) is 11.8 Å². The van der Waals surface area contributed by atoms with Crippen LogP contribution in [-0.2, 0) is 22.7 Å². The van der Waals surface area contributed by atoms with Crippen LogP contribution in [0.25, 0.3) is 12.2 Å². The fourth-order valence-corrected chi connectivity index (χ4v) is 2.56. The second kappa shape index (κ2) is 11.1. The lowest BCUT2D eigenvalue weighted by Gasteiger charge is -2.06. The molecule has 6 heteroatoms. The van der Waals surface area contributed by atoms with Gasteiger partial charge in [0.05, 0.1) is 0 Å². The molecule has 0 saturated carbocycles. The number of amides is 2. The number of nitrogens with one attached hydrogen (secondary N) is 2. The largest absolute Gasteiger partial charge is 0.348 e. The van der Waals surface area contributed by atoms with E-state index in [0.717, 1.165) is 22.3 Å². The summed E-state index contributed by atoms with van der Waals surface area (Å²) in [6, 6.07) is 15.0. The Morgan fingerprint density at radius 2 is 1.00 bits per heavy atom. The van der Waals surface area contributed by atoms with Gasteiger partial charge in [-0.25, -0.2) is 0 Å². The molecule has 2 aromatic heterocycles. The van der Waals surface area contributed by atoms with Crippen molar-refractivity contribution in [3.63, 3.8) is 0 Å². The molecular weight excluding hydrogens is 376 g/mol. The predicted octanol–water partition coefficient (Wildman–Crippen LogP) is 3.14. The summed E-state index contributed by atoms with van der Waals surface area (Å²) in [5.74, 6) is -0.326. The van der Waals surface area contributed by atoms with Crippen LogP contribution in [0.2, 0.25) is 0 Å². The highest BCUT2D eigenvalue weighted by molar-refractivity contribution is 5.92. The summed E-state index contributed by atoms with van der Waals surface area (Å²) in [5.41, 5.74) is 3.80. The zero-order chi connectivity index (χ0) is 21.0. The maximum atomic E-state index is 11.9. The van der Waals surface area contributed by atoms with E-state index >= 15 is 0 Å². The zero-order valence-corrected chi connectivity index (χ0v) is 16.4. The molecule has 0 aliphatic rings. The minimum atomic E-state index is -0.163. The molecule has 0 bridgehead atoms. The molecule has 150 valence electrons. The lowest BCUT2D eigenvalue weighted by atomic mass is 10.1. The van der Waals surface area contributed by atoms with Crippen LogP contribution in [0.3, 0.4) is 0 Å². The normalized spacial score (nSPS) is 10.9. The minimum Gasteiger partial charge on any atom is -0.348 e. The van der Waals surface area contributed by atoms with Crippen molar-refractivity contribution in [2.45, 2.75) is 13.1 Å². The van der Waals surface area contributed by atoms with Gasteiger partial charge in [0.15, 0.2) is 0 Å². The maximum Gasteiger partial charge on any atom is 0.244 e. The van der Waals surface area contributed by atoms with Crippen molar-refractivity contribution >= 4 is 24.0 Å². The number of aromatic nitrogens is 2. The van der Waals surface area contributed by atoms with Crippen molar-refractivity contribution < 1.29 is 9.59 Å². The highest BCUT2D eigenvalue weighted by Crippen LogP contribution is 2.05. The van der Waals surface area contributed by atoms with Gasteiger partial charge in [0.25, 0.3) is 0 Å². The van der Waals surface area contributed by atoms with E-state index < -0.39 is 0 Å². The summed E-state index contributed by atoms with van der Waals surface area (Å²) in [5, 5.41) is 5.69. The average molecular weight is 398 g/mol. The number of carbonyl (C=O) groups is 2. The lowest BCUT2D eigenvalue weighted by molar-refractivity contribution is -0.117. The second-order valence-corrected chi connectivity index (χ2v) is 6.48. The van der Waals surface area contributed by atoms with E-state index in [1.807, 2.05) is 48.5 Å². The van der Waals surface area contributed by atoms with Crippen molar-refractivity contribution in [2.75, 3.05) is 0 Å². The molecule has 0 fully saturated rings. The Labute approximate surface area is 175 Å². The Morgan fingerprint density at radius 3 is 1.37 bits per heavy atom. The van der Waals surface area contributed by atoms with E-state index in [-0.39, 0.29) is 11.8 Å². The monoisotopic (exact) mass is 398 g/mol. The van der Waals surface area contributed by atoms with E-state index in [4.69, 9.17) is 0 Å². The van der Waals surface area contributed by atoms with Gasteiger partial charge in [-0.2, -0.15) is 0 Å². The third-order valence-corrected chi connectivity index (χ3v) is 4.22. The Kier molecular flexibility index (Phi) is 7.62. The number of hydrogen-bond acceptors (Lipinski definition) is 4. The molecule has 0 saturated heterocycles. The van der Waals surface area contributed by atoms with Crippen LogP contribution in [0.5, 0.6) is 0 Å². The third-order valence-electron chi connectivity index (χ3n) is 4.22. The van der Waals surface area contributed by atoms with Crippen LogP contribution in [0.15, 0.2) is 85.5 Å². The molecule has 2 heterocycles. The highest BCUT2D eigenvalue weighted by Gasteiger charge is 2.00. The van der Waals surface area contributed by atoms with E-state index in [9.17, 15) is 9.59 Å². The van der Waals surface area contributed by atoms with Crippen LogP contribution in [0.4, 0.5) is 0 Å². The molecule has 6 nitrogen and oxygen atoms in total. The first-order valence-electron chi connectivity index (χ1n) is 9.49. The maximum absolute atomic E-state index is 11.9. The van der Waals surface area contributed by atoms with Gasteiger partial charge in [-0.15, -0.1) is 0 Å². The molecular formula is C24H22N4O2. The first-order chi connectivity index (χ1) is 14.7. The Bertz CT molecular complexity index is 930. The van der Waals surface area contributed by atoms with Gasteiger partial charge >= 0.3 is 0 Å². The van der Waals surface area contributed by atoms with Crippen LogP contribution in [0.1, 0.15) is 22.3 Å². The first kappa shape index (κ1) is 20.7. The van der Waals surface area contributed by atoms with Crippen LogP contribution < -0.4 is 10.6 Å². The minimum absolute atomic E-state index is 0.163. The van der Waals surface area contributed by atoms with Crippen molar-refractivity contribution in [3.8, 4) is 0 Å². The van der Waals surface area contributed by atoms with Crippen LogP contribution in [0, 0.1) is 0 Å². The lowest BCUT2D eigenvalue weighted by Crippen LogP contribution is -2.21. The number of hydrogen-bond donors (Lipinski definition) is 2. The van der Waals surface area contributed by atoms with E-state index in [1.54, 1.807) is 36.9 Å². The molecule has 0 aliphatic carbocycles. The number of carbonyl (C=O) groups excluding carboxylic acids is 2. The molecule has 0 spiro atoms. The molecule has 3 aromatic rings. The summed E-state index contributed by atoms with van der Waals surface area (Å²) in [6.45, 7) is 0.863. The first-order valence-corrected chi connectivity index (χ1v) is 9.49. The Balaban J connectivity index is 1.41. The van der Waals surface area contributed by atoms with Crippen LogP contribution >= 0.6 is 0 Å². The Hall–Kier alpha value is -4.06. The third kappa shape index (κ3) is 7.16. The van der Waals surface area contributed by atoms with Crippen molar-refractivity contribution in [2.24, 2.45) is 0 Å². The smallest absolute Gasteiger partial charge is 0.244 e. The summed E-state index contributed by atoms with van der Waals surface area (Å²) >= 11 is 0. The molecule has 2 amide bonds. The fourth-order valence-electron chi connectivity index (χ4n) is 2.56. The summed E-state index contributed by atoms with van der Waals surface area (Å²) in [4.78, 5) is 31.7. The zero-order valence-electron chi connectivity index (χ0n) is 16.4. The predicted molar refractivity (Wildman–Crippen MR) is 117 cm³/mol. The molecule has 0 atom stereocenters. The summed E-state index contributed by atoms with van der Waals surface area (Å²) < 4.78 is 0. The van der Waals surface area contributed by atoms with E-state index in [0.29, 0.717) is 13.1 Å². The van der Waals surface area contributed by atoms with Gasteiger partial charge in [0, 0.05) is 50.0 Å². The number of rotatable bonds is 8. The molecule has 0 unspecified atom stereocenters. The molecule has 2 N–H and O–H groups in total. The Morgan fingerprint density at radius 1 is 0.633 bits per heavy atom. The topological polar surface area (TPSA) is 84.0 Å². The molecule has 0 radical (unpaired) electrons. The standard InChI is InChI=1S/C24H22N4O2/c29-23(7-5-19-9-13-25-14-10-19)27-17-21-1-2-22(4-3-21)18-28-24(30)8-6-20-11-15-26-16-12-20/h1-16H,17-18H2,(H,27,29)(H,28,30)/b7-5+,8-6+. The number of nitrogens with zero attached hydrogens (tertiary/aromatic N) is 2. The van der Waals surface area contributed by atoms with Crippen molar-refractivity contribution in [1.29, 1.82) is 0 Å². The number of benzene rings is 1. The van der Waals surface area contributed by atoms with Gasteiger partial charge < -0.3 is 10.6 Å². The van der Waals surface area contributed by atoms with Crippen LogP contribution in [-0.4, -0.2) is 21.8 Å². The summed E-state index contributed by atoms with van der Waals surface area (Å²) in [6.07, 6.45) is 13.2. The quantitative estimate of drug-likeness (QED) is 0.571. The molecule has 0 aliphatic heterocycles. The van der Waals surface area contributed by atoms with Gasteiger partial charge in [-0.05, 0) is 58.7 Å². The SMILES string of the molecule is O=C(/C=C/c1ccncc1)NCc1ccc(CNC(=O)/C=C/c2ccncc2)cc1. The van der Waals surface area contributed by atoms with E-state index in [1.165, 1.54) is 12.2 Å². The summed E-state index contributed by atoms with van der Waals surface area (Å²) in [7, 11) is 0. The van der Waals surface area contributed by atoms with Gasteiger partial charge in [0.1, 0.15) is 0 Å². The van der Waals surface area contributed by atoms with Crippen molar-refractivity contribution in [1.82, 2.24) is 20.6 Å². The van der Waals surface area contributed by atoms with Gasteiger partial charge in [-0.1, -0.05) is 24.3 Å². The second-order valence-electron chi connectivity index (χ2n) is 6.48.